The standard InChI is InChI=1S/C18H19IO3/c1-13-9-17(20-11-14-5-3-2-4-6-14)10-15-7-8-16(12-21-19)22-18(13)15/h2-6,9-10,16H,7-8,11-12H2,1H3. The molecule has 2 aromatic carbocycles. The van der Waals surface area contributed by atoms with Crippen molar-refractivity contribution in [1.29, 1.82) is 0 Å². The number of fused-ring (bicyclic) bond motifs is 1. The van der Waals surface area contributed by atoms with Gasteiger partial charge in [-0.1, -0.05) is 30.3 Å². The average Bonchev–Trinajstić information content (AvgIpc) is 2.55. The summed E-state index contributed by atoms with van der Waals surface area (Å²) < 4.78 is 17.1. The molecule has 1 atom stereocenters. The Hall–Kier alpha value is -1.27. The van der Waals surface area contributed by atoms with Crippen LogP contribution in [0.5, 0.6) is 11.5 Å². The van der Waals surface area contributed by atoms with E-state index in [1.165, 1.54) is 11.1 Å². The molecule has 0 saturated heterocycles. The van der Waals surface area contributed by atoms with Gasteiger partial charge in [0.1, 0.15) is 47.2 Å². The third-order valence-electron chi connectivity index (χ3n) is 3.84. The molecule has 1 unspecified atom stereocenters. The van der Waals surface area contributed by atoms with Crippen molar-refractivity contribution in [2.75, 3.05) is 6.61 Å². The normalized spacial score (nSPS) is 16.7. The van der Waals surface area contributed by atoms with Crippen molar-refractivity contribution in [1.82, 2.24) is 0 Å². The molecule has 3 nitrogen and oxygen atoms in total. The van der Waals surface area contributed by atoms with Gasteiger partial charge in [0.25, 0.3) is 0 Å². The molecular weight excluding hydrogens is 391 g/mol. The molecular formula is C18H19IO3. The SMILES string of the molecule is Cc1cc(OCc2ccccc2)cc2c1OC(COI)CC2. The van der Waals surface area contributed by atoms with Gasteiger partial charge in [-0.05, 0) is 48.6 Å². The van der Waals surface area contributed by atoms with E-state index < -0.39 is 0 Å². The van der Waals surface area contributed by atoms with Crippen molar-refractivity contribution in [3.8, 4) is 11.5 Å². The molecule has 0 saturated carbocycles. The molecule has 0 N–H and O–H groups in total. The summed E-state index contributed by atoms with van der Waals surface area (Å²) in [7, 11) is 0. The Kier molecular flexibility index (Phi) is 5.20. The Morgan fingerprint density at radius 2 is 2.05 bits per heavy atom. The van der Waals surface area contributed by atoms with Crippen LogP contribution in [-0.2, 0) is 16.1 Å². The molecule has 2 aromatic rings. The van der Waals surface area contributed by atoms with Crippen LogP contribution < -0.4 is 9.47 Å². The minimum absolute atomic E-state index is 0.152. The van der Waals surface area contributed by atoms with Crippen molar-refractivity contribution in [2.45, 2.75) is 32.5 Å². The lowest BCUT2D eigenvalue weighted by Crippen LogP contribution is -2.26. The number of benzene rings is 2. The topological polar surface area (TPSA) is 27.7 Å². The van der Waals surface area contributed by atoms with Gasteiger partial charge in [0.2, 0.25) is 0 Å². The molecule has 22 heavy (non-hydrogen) atoms. The number of aryl methyl sites for hydroxylation is 2. The predicted molar refractivity (Wildman–Crippen MR) is 94.7 cm³/mol. The molecule has 4 heteroatoms. The minimum Gasteiger partial charge on any atom is -0.489 e. The van der Waals surface area contributed by atoms with E-state index in [0.29, 0.717) is 13.2 Å². The fourth-order valence-electron chi connectivity index (χ4n) is 2.72. The van der Waals surface area contributed by atoms with Gasteiger partial charge in [-0.2, -0.15) is 0 Å². The number of hydrogen-bond donors (Lipinski definition) is 0. The molecule has 0 aliphatic carbocycles. The van der Waals surface area contributed by atoms with Crippen molar-refractivity contribution >= 4 is 23.0 Å². The first-order chi connectivity index (χ1) is 10.8. The summed E-state index contributed by atoms with van der Waals surface area (Å²) >= 11 is 1.92. The van der Waals surface area contributed by atoms with Crippen molar-refractivity contribution in [3.63, 3.8) is 0 Å². The zero-order valence-electron chi connectivity index (χ0n) is 12.5. The number of rotatable bonds is 5. The quantitative estimate of drug-likeness (QED) is 0.673. The summed E-state index contributed by atoms with van der Waals surface area (Å²) in [4.78, 5) is 0. The van der Waals surface area contributed by atoms with Crippen LogP contribution in [-0.4, -0.2) is 12.7 Å². The maximum Gasteiger partial charge on any atom is 0.126 e. The molecule has 0 aromatic heterocycles. The first kappa shape index (κ1) is 15.6. The van der Waals surface area contributed by atoms with Gasteiger partial charge in [-0.15, -0.1) is 0 Å². The second kappa shape index (κ2) is 7.33. The van der Waals surface area contributed by atoms with E-state index in [-0.39, 0.29) is 6.10 Å². The van der Waals surface area contributed by atoms with Crippen LogP contribution in [0.4, 0.5) is 0 Å². The van der Waals surface area contributed by atoms with Crippen LogP contribution in [0, 0.1) is 6.92 Å². The second-order valence-corrected chi connectivity index (χ2v) is 6.18. The molecule has 1 aliphatic heterocycles. The van der Waals surface area contributed by atoms with Crippen LogP contribution >= 0.6 is 23.0 Å². The third-order valence-corrected chi connectivity index (χ3v) is 4.20. The molecule has 1 aliphatic rings. The smallest absolute Gasteiger partial charge is 0.126 e. The molecule has 0 radical (unpaired) electrons. The largest absolute Gasteiger partial charge is 0.489 e. The molecule has 1 heterocycles. The van der Waals surface area contributed by atoms with Crippen LogP contribution in [0.25, 0.3) is 0 Å². The fraction of sp³-hybridized carbons (Fsp3) is 0.333. The van der Waals surface area contributed by atoms with Crippen LogP contribution in [0.1, 0.15) is 23.1 Å². The first-order valence-electron chi connectivity index (χ1n) is 7.46. The number of halogens is 1. The highest BCUT2D eigenvalue weighted by Crippen LogP contribution is 2.35. The van der Waals surface area contributed by atoms with Gasteiger partial charge < -0.3 is 12.5 Å². The molecule has 3 rings (SSSR count). The number of hydrogen-bond acceptors (Lipinski definition) is 3. The van der Waals surface area contributed by atoms with E-state index in [9.17, 15) is 0 Å². The van der Waals surface area contributed by atoms with E-state index in [2.05, 4.69) is 31.2 Å². The van der Waals surface area contributed by atoms with Crippen molar-refractivity contribution < 1.29 is 12.5 Å². The summed E-state index contributed by atoms with van der Waals surface area (Å²) in [5, 5.41) is 0. The first-order valence-corrected chi connectivity index (χ1v) is 8.35. The summed E-state index contributed by atoms with van der Waals surface area (Å²) in [6.07, 6.45) is 2.14. The highest BCUT2D eigenvalue weighted by atomic mass is 127. The lowest BCUT2D eigenvalue weighted by atomic mass is 9.99. The van der Waals surface area contributed by atoms with Gasteiger partial charge in [0.15, 0.2) is 0 Å². The Morgan fingerprint density at radius 1 is 1.23 bits per heavy atom. The Morgan fingerprint density at radius 3 is 2.82 bits per heavy atom. The van der Waals surface area contributed by atoms with Gasteiger partial charge >= 0.3 is 0 Å². The van der Waals surface area contributed by atoms with Crippen LogP contribution in [0.3, 0.4) is 0 Å². The van der Waals surface area contributed by atoms with Crippen molar-refractivity contribution in [2.24, 2.45) is 0 Å². The van der Waals surface area contributed by atoms with Crippen LogP contribution in [0.2, 0.25) is 0 Å². The Labute approximate surface area is 145 Å². The molecule has 0 spiro atoms. The summed E-state index contributed by atoms with van der Waals surface area (Å²) in [5.41, 5.74) is 3.53. The lowest BCUT2D eigenvalue weighted by molar-refractivity contribution is 0.129. The Balaban J connectivity index is 1.71. The van der Waals surface area contributed by atoms with E-state index in [0.717, 1.165) is 29.9 Å². The monoisotopic (exact) mass is 410 g/mol. The molecule has 0 bridgehead atoms. The van der Waals surface area contributed by atoms with Gasteiger partial charge in [0.05, 0.1) is 6.61 Å². The van der Waals surface area contributed by atoms with Gasteiger partial charge in [-0.3, -0.25) is 0 Å². The maximum atomic E-state index is 6.04. The highest BCUT2D eigenvalue weighted by molar-refractivity contribution is 14.1. The zero-order chi connectivity index (χ0) is 15.4. The molecule has 116 valence electrons. The third kappa shape index (κ3) is 3.73. The second-order valence-electron chi connectivity index (χ2n) is 5.56. The molecule has 0 amide bonds. The molecule has 0 fully saturated rings. The average molecular weight is 410 g/mol. The summed E-state index contributed by atoms with van der Waals surface area (Å²) in [5.74, 6) is 1.91. The van der Waals surface area contributed by atoms with E-state index in [1.54, 1.807) is 0 Å². The Bertz CT molecular complexity index is 628. The summed E-state index contributed by atoms with van der Waals surface area (Å²) in [6.45, 7) is 3.29. The van der Waals surface area contributed by atoms with Gasteiger partial charge in [0, 0.05) is 0 Å². The van der Waals surface area contributed by atoms with Gasteiger partial charge in [-0.25, -0.2) is 0 Å². The minimum atomic E-state index is 0.152. The fourth-order valence-corrected chi connectivity index (χ4v) is 3.12. The predicted octanol–water partition coefficient (Wildman–Crippen LogP) is 4.63. The number of ether oxygens (including phenoxy) is 2. The lowest BCUT2D eigenvalue weighted by Gasteiger charge is -2.27. The van der Waals surface area contributed by atoms with E-state index >= 15 is 0 Å². The van der Waals surface area contributed by atoms with E-state index in [1.807, 2.05) is 41.2 Å². The van der Waals surface area contributed by atoms with Crippen molar-refractivity contribution in [3.05, 3.63) is 59.2 Å². The zero-order valence-corrected chi connectivity index (χ0v) is 14.7. The van der Waals surface area contributed by atoms with Crippen LogP contribution in [0.15, 0.2) is 42.5 Å². The summed E-state index contributed by atoms with van der Waals surface area (Å²) in [6, 6.07) is 14.4. The highest BCUT2D eigenvalue weighted by Gasteiger charge is 2.22. The van der Waals surface area contributed by atoms with E-state index in [4.69, 9.17) is 12.5 Å². The maximum absolute atomic E-state index is 6.04.